The molecule has 8 heteroatoms. The first kappa shape index (κ1) is 19.4. The lowest BCUT2D eigenvalue weighted by molar-refractivity contribution is 0.0946. The second-order valence-corrected chi connectivity index (χ2v) is 8.56. The van der Waals surface area contributed by atoms with Gasteiger partial charge in [0.2, 0.25) is 9.84 Å². The minimum absolute atomic E-state index is 0.121. The topological polar surface area (TPSA) is 116 Å². The van der Waals surface area contributed by atoms with Gasteiger partial charge >= 0.3 is 0 Å². The molecule has 0 atom stereocenters. The fourth-order valence-corrected chi connectivity index (χ4v) is 4.26. The quantitative estimate of drug-likeness (QED) is 0.518. The summed E-state index contributed by atoms with van der Waals surface area (Å²) in [5.41, 5.74) is 2.41. The zero-order valence-corrected chi connectivity index (χ0v) is 16.5. The van der Waals surface area contributed by atoms with E-state index >= 15 is 0 Å². The zero-order valence-electron chi connectivity index (χ0n) is 15.7. The number of rotatable bonds is 5. The summed E-state index contributed by atoms with van der Waals surface area (Å²) < 4.78 is 25.4. The Balaban J connectivity index is 1.45. The average Bonchev–Trinajstić information content (AvgIpc) is 3.22. The van der Waals surface area contributed by atoms with Gasteiger partial charge in [0.1, 0.15) is 5.69 Å². The van der Waals surface area contributed by atoms with E-state index in [1.807, 2.05) is 6.07 Å². The van der Waals surface area contributed by atoms with Gasteiger partial charge in [0, 0.05) is 29.8 Å². The maximum atomic E-state index is 12.7. The number of carbonyl (C=O) groups is 1. The number of benzene rings is 2. The minimum Gasteiger partial charge on any atom is -0.350 e. The number of nitriles is 1. The molecule has 2 heterocycles. The lowest BCUT2D eigenvalue weighted by Crippen LogP contribution is -2.23. The van der Waals surface area contributed by atoms with E-state index in [0.29, 0.717) is 11.3 Å². The molecule has 7 nitrogen and oxygen atoms in total. The molecule has 2 aromatic carbocycles. The molecule has 0 aliphatic rings. The fourth-order valence-electron chi connectivity index (χ4n) is 3.00. The fraction of sp³-hybridized carbons (Fsp3) is 0.0455. The van der Waals surface area contributed by atoms with Gasteiger partial charge in [0.05, 0.1) is 21.4 Å². The molecule has 0 spiro atoms. The smallest absolute Gasteiger partial charge is 0.267 e. The molecule has 0 aliphatic carbocycles. The predicted octanol–water partition coefficient (Wildman–Crippen LogP) is 3.20. The van der Waals surface area contributed by atoms with Crippen LogP contribution in [0, 0.1) is 11.3 Å². The van der Waals surface area contributed by atoms with Crippen molar-refractivity contribution in [2.75, 3.05) is 0 Å². The van der Waals surface area contributed by atoms with Crippen molar-refractivity contribution in [3.05, 3.63) is 89.9 Å². The number of aromatic amines is 1. The van der Waals surface area contributed by atoms with Gasteiger partial charge in [-0.15, -0.1) is 0 Å². The minimum atomic E-state index is -3.68. The Labute approximate surface area is 172 Å². The highest BCUT2D eigenvalue weighted by molar-refractivity contribution is 7.91. The first-order valence-electron chi connectivity index (χ1n) is 9.02. The summed E-state index contributed by atoms with van der Waals surface area (Å²) in [7, 11) is -3.68. The molecular formula is C22H16N4O3S. The largest absolute Gasteiger partial charge is 0.350 e. The summed E-state index contributed by atoms with van der Waals surface area (Å²) in [6.07, 6.45) is 3.32. The number of nitrogens with zero attached hydrogens (tertiary/aromatic N) is 2. The normalized spacial score (nSPS) is 11.2. The van der Waals surface area contributed by atoms with E-state index in [0.717, 1.165) is 16.5 Å². The molecule has 0 saturated carbocycles. The van der Waals surface area contributed by atoms with Crippen molar-refractivity contribution >= 4 is 26.6 Å². The number of pyridine rings is 1. The molecule has 2 N–H and O–H groups in total. The van der Waals surface area contributed by atoms with Crippen LogP contribution in [0.5, 0.6) is 0 Å². The first-order valence-corrected chi connectivity index (χ1v) is 10.5. The number of H-pyrrole nitrogens is 1. The molecule has 4 aromatic rings. The van der Waals surface area contributed by atoms with Gasteiger partial charge in [-0.1, -0.05) is 12.1 Å². The second kappa shape index (κ2) is 7.81. The standard InChI is InChI=1S/C22H16N4O3S/c23-12-15-1-5-18(6-2-15)30(28,29)19-7-3-16(4-8-19)13-25-22(27)21-11-17-14-24-10-9-20(17)26-21/h1-11,14,26H,13H2,(H,25,27). The molecule has 2 aromatic heterocycles. The summed E-state index contributed by atoms with van der Waals surface area (Å²) in [5.74, 6) is -0.263. The number of hydrogen-bond donors (Lipinski definition) is 2. The molecule has 0 radical (unpaired) electrons. The van der Waals surface area contributed by atoms with Crippen molar-refractivity contribution in [2.24, 2.45) is 0 Å². The van der Waals surface area contributed by atoms with Gasteiger partial charge in [-0.2, -0.15) is 5.26 Å². The number of fused-ring (bicyclic) bond motifs is 1. The van der Waals surface area contributed by atoms with Crippen molar-refractivity contribution in [2.45, 2.75) is 16.3 Å². The van der Waals surface area contributed by atoms with Crippen molar-refractivity contribution < 1.29 is 13.2 Å². The van der Waals surface area contributed by atoms with E-state index < -0.39 is 9.84 Å². The van der Waals surface area contributed by atoms with Crippen LogP contribution in [-0.4, -0.2) is 24.3 Å². The number of hydrogen-bond acceptors (Lipinski definition) is 5. The van der Waals surface area contributed by atoms with Crippen LogP contribution in [0.15, 0.2) is 82.8 Å². The highest BCUT2D eigenvalue weighted by Crippen LogP contribution is 2.21. The Morgan fingerprint density at radius 3 is 2.33 bits per heavy atom. The number of aromatic nitrogens is 2. The Morgan fingerprint density at radius 2 is 1.70 bits per heavy atom. The van der Waals surface area contributed by atoms with Crippen LogP contribution in [-0.2, 0) is 16.4 Å². The molecule has 0 unspecified atom stereocenters. The van der Waals surface area contributed by atoms with Crippen molar-refractivity contribution in [1.82, 2.24) is 15.3 Å². The molecule has 4 rings (SSSR count). The van der Waals surface area contributed by atoms with E-state index in [-0.39, 0.29) is 22.2 Å². The molecule has 0 saturated heterocycles. The number of nitrogens with one attached hydrogen (secondary N) is 2. The summed E-state index contributed by atoms with van der Waals surface area (Å²) in [6.45, 7) is 0.254. The third-order valence-corrected chi connectivity index (χ3v) is 6.43. The predicted molar refractivity (Wildman–Crippen MR) is 110 cm³/mol. The Kier molecular flexibility index (Phi) is 5.04. The van der Waals surface area contributed by atoms with Crippen molar-refractivity contribution in [1.29, 1.82) is 5.26 Å². The summed E-state index contributed by atoms with van der Waals surface area (Å²) in [4.78, 5) is 19.7. The number of sulfone groups is 1. The second-order valence-electron chi connectivity index (χ2n) is 6.61. The third-order valence-electron chi connectivity index (χ3n) is 4.65. The van der Waals surface area contributed by atoms with Gasteiger partial charge in [0.25, 0.3) is 5.91 Å². The number of carbonyl (C=O) groups excluding carboxylic acids is 1. The van der Waals surface area contributed by atoms with Crippen LogP contribution in [0.25, 0.3) is 10.9 Å². The van der Waals surface area contributed by atoms with E-state index in [1.54, 1.807) is 36.7 Å². The first-order chi connectivity index (χ1) is 14.5. The monoisotopic (exact) mass is 416 g/mol. The van der Waals surface area contributed by atoms with E-state index in [2.05, 4.69) is 15.3 Å². The Morgan fingerprint density at radius 1 is 1.03 bits per heavy atom. The Bertz CT molecular complexity index is 1330. The maximum absolute atomic E-state index is 12.7. The van der Waals surface area contributed by atoms with Crippen LogP contribution in [0.1, 0.15) is 21.6 Å². The molecule has 1 amide bonds. The molecule has 148 valence electrons. The van der Waals surface area contributed by atoms with Crippen LogP contribution >= 0.6 is 0 Å². The summed E-state index contributed by atoms with van der Waals surface area (Å²) >= 11 is 0. The van der Waals surface area contributed by atoms with Crippen molar-refractivity contribution in [3.8, 4) is 6.07 Å². The van der Waals surface area contributed by atoms with Gasteiger partial charge < -0.3 is 10.3 Å². The molecule has 0 bridgehead atoms. The molecule has 0 aliphatic heterocycles. The van der Waals surface area contributed by atoms with Crippen LogP contribution < -0.4 is 5.32 Å². The summed E-state index contributed by atoms with van der Waals surface area (Å²) in [6, 6.07) is 17.6. The summed E-state index contributed by atoms with van der Waals surface area (Å²) in [5, 5.41) is 12.5. The third kappa shape index (κ3) is 3.79. The van der Waals surface area contributed by atoms with Gasteiger partial charge in [-0.05, 0) is 54.1 Å². The SMILES string of the molecule is N#Cc1ccc(S(=O)(=O)c2ccc(CNC(=O)c3cc4cnccc4[nH]3)cc2)cc1. The molecule has 0 fully saturated rings. The van der Waals surface area contributed by atoms with E-state index in [9.17, 15) is 13.2 Å². The van der Waals surface area contributed by atoms with Crippen LogP contribution in [0.4, 0.5) is 0 Å². The lowest BCUT2D eigenvalue weighted by Gasteiger charge is -2.07. The average molecular weight is 416 g/mol. The molecule has 30 heavy (non-hydrogen) atoms. The lowest BCUT2D eigenvalue weighted by atomic mass is 10.2. The van der Waals surface area contributed by atoms with E-state index in [4.69, 9.17) is 5.26 Å². The van der Waals surface area contributed by atoms with E-state index in [1.165, 1.54) is 36.4 Å². The van der Waals surface area contributed by atoms with Gasteiger partial charge in [-0.25, -0.2) is 8.42 Å². The van der Waals surface area contributed by atoms with Crippen LogP contribution in [0.3, 0.4) is 0 Å². The van der Waals surface area contributed by atoms with Gasteiger partial charge in [0.15, 0.2) is 0 Å². The highest BCUT2D eigenvalue weighted by atomic mass is 32.2. The Hall–Kier alpha value is -3.96. The molecular weight excluding hydrogens is 400 g/mol. The zero-order chi connectivity index (χ0) is 21.1. The maximum Gasteiger partial charge on any atom is 0.267 e. The highest BCUT2D eigenvalue weighted by Gasteiger charge is 2.17. The van der Waals surface area contributed by atoms with Crippen molar-refractivity contribution in [3.63, 3.8) is 0 Å². The van der Waals surface area contributed by atoms with Crippen LogP contribution in [0.2, 0.25) is 0 Å². The number of amides is 1. The van der Waals surface area contributed by atoms with Gasteiger partial charge in [-0.3, -0.25) is 9.78 Å².